The van der Waals surface area contributed by atoms with Crippen molar-refractivity contribution in [2.75, 3.05) is 18.0 Å². The van der Waals surface area contributed by atoms with Gasteiger partial charge in [-0.15, -0.1) is 0 Å². The van der Waals surface area contributed by atoms with E-state index in [9.17, 15) is 9.59 Å². The van der Waals surface area contributed by atoms with Crippen LogP contribution in [0.3, 0.4) is 0 Å². The maximum Gasteiger partial charge on any atom is 0.251 e. The minimum absolute atomic E-state index is 0.0649. The minimum Gasteiger partial charge on any atom is -0.352 e. The second kappa shape index (κ2) is 8.17. The van der Waals surface area contributed by atoms with Crippen molar-refractivity contribution in [3.05, 3.63) is 64.7 Å². The second-order valence-corrected chi connectivity index (χ2v) is 6.99. The summed E-state index contributed by atoms with van der Waals surface area (Å²) in [6.45, 7) is 5.65. The predicted octanol–water partition coefficient (Wildman–Crippen LogP) is 3.79. The number of aryl methyl sites for hydroxylation is 3. The summed E-state index contributed by atoms with van der Waals surface area (Å²) in [5.74, 6) is 0.0959. The smallest absolute Gasteiger partial charge is 0.251 e. The summed E-state index contributed by atoms with van der Waals surface area (Å²) in [5.41, 5.74) is 5.43. The Kier molecular flexibility index (Phi) is 5.71. The molecule has 4 nitrogen and oxygen atoms in total. The first-order valence-electron chi connectivity index (χ1n) is 9.29. The summed E-state index contributed by atoms with van der Waals surface area (Å²) in [6.07, 6.45) is 3.39. The number of carbonyl (C=O) groups is 2. The van der Waals surface area contributed by atoms with Gasteiger partial charge in [0.2, 0.25) is 5.91 Å². The maximum absolute atomic E-state index is 12.3. The molecule has 1 saturated heterocycles. The number of anilines is 1. The van der Waals surface area contributed by atoms with Crippen molar-refractivity contribution in [1.29, 1.82) is 0 Å². The Labute approximate surface area is 155 Å². The van der Waals surface area contributed by atoms with Crippen LogP contribution in [0.25, 0.3) is 0 Å². The van der Waals surface area contributed by atoms with Gasteiger partial charge in [-0.3, -0.25) is 9.59 Å². The zero-order valence-electron chi connectivity index (χ0n) is 15.5. The number of rotatable bonds is 6. The van der Waals surface area contributed by atoms with Crippen LogP contribution in [0.1, 0.15) is 46.3 Å². The lowest BCUT2D eigenvalue weighted by Gasteiger charge is -2.15. The topological polar surface area (TPSA) is 49.4 Å². The van der Waals surface area contributed by atoms with Crippen molar-refractivity contribution in [2.24, 2.45) is 0 Å². The van der Waals surface area contributed by atoms with Crippen molar-refractivity contribution >= 4 is 17.5 Å². The molecule has 0 spiro atoms. The van der Waals surface area contributed by atoms with E-state index in [1.807, 2.05) is 12.1 Å². The molecule has 2 amide bonds. The Morgan fingerprint density at radius 2 is 1.88 bits per heavy atom. The van der Waals surface area contributed by atoms with Crippen LogP contribution in [0.2, 0.25) is 0 Å². The molecule has 26 heavy (non-hydrogen) atoms. The van der Waals surface area contributed by atoms with E-state index in [0.717, 1.165) is 31.5 Å². The molecular weight excluding hydrogens is 324 g/mol. The Hall–Kier alpha value is -2.62. The summed E-state index contributed by atoms with van der Waals surface area (Å²) in [7, 11) is 0. The molecule has 0 bridgehead atoms. The monoisotopic (exact) mass is 350 g/mol. The SMILES string of the molecule is Cc1ccc(CCCNC(=O)c2ccc(N3CCCC3=O)cc2)c(C)c1. The highest BCUT2D eigenvalue weighted by molar-refractivity contribution is 5.97. The van der Waals surface area contributed by atoms with Crippen LogP contribution >= 0.6 is 0 Å². The minimum atomic E-state index is -0.0649. The lowest BCUT2D eigenvalue weighted by molar-refractivity contribution is -0.117. The van der Waals surface area contributed by atoms with Gasteiger partial charge in [-0.2, -0.15) is 0 Å². The number of amides is 2. The first-order chi connectivity index (χ1) is 12.5. The first-order valence-corrected chi connectivity index (χ1v) is 9.29. The summed E-state index contributed by atoms with van der Waals surface area (Å²) in [4.78, 5) is 25.8. The van der Waals surface area contributed by atoms with Gasteiger partial charge in [0.05, 0.1) is 0 Å². The molecule has 0 atom stereocenters. The van der Waals surface area contributed by atoms with Crippen LogP contribution in [0.4, 0.5) is 5.69 Å². The molecule has 1 aliphatic rings. The van der Waals surface area contributed by atoms with E-state index >= 15 is 0 Å². The van der Waals surface area contributed by atoms with Crippen LogP contribution in [0.15, 0.2) is 42.5 Å². The normalized spacial score (nSPS) is 13.9. The summed E-state index contributed by atoms with van der Waals surface area (Å²) < 4.78 is 0. The molecule has 1 fully saturated rings. The van der Waals surface area contributed by atoms with E-state index in [1.54, 1.807) is 17.0 Å². The first kappa shape index (κ1) is 18.2. The van der Waals surface area contributed by atoms with Gasteiger partial charge >= 0.3 is 0 Å². The van der Waals surface area contributed by atoms with E-state index in [-0.39, 0.29) is 11.8 Å². The Morgan fingerprint density at radius 1 is 1.12 bits per heavy atom. The molecule has 1 heterocycles. The molecule has 1 aliphatic heterocycles. The third-order valence-corrected chi connectivity index (χ3v) is 4.92. The van der Waals surface area contributed by atoms with Gasteiger partial charge in [0.1, 0.15) is 0 Å². The predicted molar refractivity (Wildman–Crippen MR) is 105 cm³/mol. The number of hydrogen-bond acceptors (Lipinski definition) is 2. The van der Waals surface area contributed by atoms with Gasteiger partial charge in [-0.25, -0.2) is 0 Å². The van der Waals surface area contributed by atoms with Crippen LogP contribution < -0.4 is 10.2 Å². The number of benzene rings is 2. The van der Waals surface area contributed by atoms with Crippen molar-refractivity contribution < 1.29 is 9.59 Å². The molecule has 2 aromatic rings. The van der Waals surface area contributed by atoms with E-state index in [4.69, 9.17) is 0 Å². The van der Waals surface area contributed by atoms with Crippen molar-refractivity contribution in [3.8, 4) is 0 Å². The van der Waals surface area contributed by atoms with Crippen LogP contribution in [-0.4, -0.2) is 24.9 Å². The zero-order valence-corrected chi connectivity index (χ0v) is 15.5. The van der Waals surface area contributed by atoms with E-state index in [2.05, 4.69) is 37.4 Å². The van der Waals surface area contributed by atoms with Crippen molar-refractivity contribution in [1.82, 2.24) is 5.32 Å². The molecule has 2 aromatic carbocycles. The number of nitrogens with one attached hydrogen (secondary N) is 1. The number of nitrogens with zero attached hydrogens (tertiary/aromatic N) is 1. The fraction of sp³-hybridized carbons (Fsp3) is 0.364. The van der Waals surface area contributed by atoms with E-state index in [1.165, 1.54) is 16.7 Å². The van der Waals surface area contributed by atoms with Gasteiger partial charge in [-0.05, 0) is 68.5 Å². The fourth-order valence-corrected chi connectivity index (χ4v) is 3.42. The van der Waals surface area contributed by atoms with Gasteiger partial charge < -0.3 is 10.2 Å². The lowest BCUT2D eigenvalue weighted by Crippen LogP contribution is -2.26. The highest BCUT2D eigenvalue weighted by Gasteiger charge is 2.21. The summed E-state index contributed by atoms with van der Waals surface area (Å²) >= 11 is 0. The molecule has 1 N–H and O–H groups in total. The van der Waals surface area contributed by atoms with Gasteiger partial charge in [0.15, 0.2) is 0 Å². The summed E-state index contributed by atoms with van der Waals surface area (Å²) in [5, 5.41) is 2.98. The lowest BCUT2D eigenvalue weighted by atomic mass is 10.0. The van der Waals surface area contributed by atoms with E-state index < -0.39 is 0 Å². The molecule has 0 aromatic heterocycles. The Balaban J connectivity index is 1.48. The second-order valence-electron chi connectivity index (χ2n) is 6.99. The third-order valence-electron chi connectivity index (χ3n) is 4.92. The fourth-order valence-electron chi connectivity index (χ4n) is 3.42. The van der Waals surface area contributed by atoms with Crippen molar-refractivity contribution in [2.45, 2.75) is 39.5 Å². The Bertz CT molecular complexity index is 796. The Morgan fingerprint density at radius 3 is 2.54 bits per heavy atom. The molecule has 0 aliphatic carbocycles. The third kappa shape index (κ3) is 4.31. The molecule has 136 valence electrons. The standard InChI is InChI=1S/C22H26N2O2/c1-16-7-8-18(17(2)15-16)5-3-13-23-22(26)19-9-11-20(12-10-19)24-14-4-6-21(24)25/h7-12,15H,3-6,13-14H2,1-2H3,(H,23,26). The average Bonchev–Trinajstić information content (AvgIpc) is 3.06. The highest BCUT2D eigenvalue weighted by atomic mass is 16.2. The maximum atomic E-state index is 12.3. The van der Waals surface area contributed by atoms with Gasteiger partial charge in [-0.1, -0.05) is 23.8 Å². The average molecular weight is 350 g/mol. The molecule has 0 radical (unpaired) electrons. The molecule has 0 saturated carbocycles. The molecule has 0 unspecified atom stereocenters. The van der Waals surface area contributed by atoms with Crippen LogP contribution in [-0.2, 0) is 11.2 Å². The van der Waals surface area contributed by atoms with E-state index in [0.29, 0.717) is 18.5 Å². The zero-order chi connectivity index (χ0) is 18.5. The van der Waals surface area contributed by atoms with Crippen molar-refractivity contribution in [3.63, 3.8) is 0 Å². The largest absolute Gasteiger partial charge is 0.352 e. The van der Waals surface area contributed by atoms with Gasteiger partial charge in [0, 0.05) is 30.8 Å². The van der Waals surface area contributed by atoms with Crippen LogP contribution in [0.5, 0.6) is 0 Å². The highest BCUT2D eigenvalue weighted by Crippen LogP contribution is 2.21. The number of hydrogen-bond donors (Lipinski definition) is 1. The van der Waals surface area contributed by atoms with Crippen LogP contribution in [0, 0.1) is 13.8 Å². The molecule has 3 rings (SSSR count). The van der Waals surface area contributed by atoms with Gasteiger partial charge in [0.25, 0.3) is 5.91 Å². The quantitative estimate of drug-likeness (QED) is 0.806. The molecule has 4 heteroatoms. The summed E-state index contributed by atoms with van der Waals surface area (Å²) in [6, 6.07) is 13.8. The molecular formula is C22H26N2O2. The number of carbonyl (C=O) groups excluding carboxylic acids is 2.